The Morgan fingerprint density at radius 2 is 2.38 bits per heavy atom. The Labute approximate surface area is 83.2 Å². The second-order valence-electron chi connectivity index (χ2n) is 3.13. The summed E-state index contributed by atoms with van der Waals surface area (Å²) in [6, 6.07) is 5.76. The molecule has 3 heteroatoms. The van der Waals surface area contributed by atoms with Crippen molar-refractivity contribution in [1.29, 1.82) is 5.26 Å². The van der Waals surface area contributed by atoms with Gasteiger partial charge in [0.15, 0.2) is 0 Å². The van der Waals surface area contributed by atoms with E-state index < -0.39 is 5.41 Å². The molecule has 0 bridgehead atoms. The van der Waals surface area contributed by atoms with Crippen LogP contribution in [0.3, 0.4) is 0 Å². The lowest BCUT2D eigenvalue weighted by Crippen LogP contribution is -2.20. The molecule has 0 N–H and O–H groups in total. The molecule has 0 amide bonds. The van der Waals surface area contributed by atoms with Gasteiger partial charge >= 0.3 is 0 Å². The summed E-state index contributed by atoms with van der Waals surface area (Å²) in [5.41, 5.74) is 0.0971. The van der Waals surface area contributed by atoms with Crippen molar-refractivity contribution in [3.05, 3.63) is 29.0 Å². The highest BCUT2D eigenvalue weighted by atomic mass is 35.5. The molecule has 13 heavy (non-hydrogen) atoms. The quantitative estimate of drug-likeness (QED) is 0.726. The van der Waals surface area contributed by atoms with Crippen LogP contribution >= 0.6 is 11.6 Å². The molecule has 1 unspecified atom stereocenters. The predicted octanol–water partition coefficient (Wildman–Crippen LogP) is 2.93. The van der Waals surface area contributed by atoms with Crippen molar-refractivity contribution in [2.75, 3.05) is 0 Å². The van der Waals surface area contributed by atoms with Crippen LogP contribution in [-0.4, -0.2) is 4.98 Å². The molecular formula is C10H11ClN2. The van der Waals surface area contributed by atoms with E-state index in [1.165, 1.54) is 0 Å². The van der Waals surface area contributed by atoms with Crippen LogP contribution in [0.2, 0.25) is 5.02 Å². The number of halogens is 1. The topological polar surface area (TPSA) is 36.7 Å². The first-order chi connectivity index (χ1) is 6.14. The van der Waals surface area contributed by atoms with Gasteiger partial charge in [-0.15, -0.1) is 0 Å². The summed E-state index contributed by atoms with van der Waals surface area (Å²) in [5.74, 6) is 0. The van der Waals surface area contributed by atoms with Crippen LogP contribution in [0, 0.1) is 11.3 Å². The molecular weight excluding hydrogens is 184 g/mol. The van der Waals surface area contributed by atoms with Crippen LogP contribution in [0.25, 0.3) is 0 Å². The average Bonchev–Trinajstić information content (AvgIpc) is 2.17. The van der Waals surface area contributed by atoms with Gasteiger partial charge in [-0.2, -0.15) is 5.26 Å². The number of nitrogens with zero attached hydrogens (tertiary/aromatic N) is 2. The second kappa shape index (κ2) is 3.76. The zero-order valence-electron chi connectivity index (χ0n) is 7.71. The molecule has 1 aromatic rings. The average molecular weight is 195 g/mol. The van der Waals surface area contributed by atoms with Crippen LogP contribution in [0.4, 0.5) is 0 Å². The first kappa shape index (κ1) is 10.0. The van der Waals surface area contributed by atoms with E-state index in [-0.39, 0.29) is 0 Å². The van der Waals surface area contributed by atoms with Gasteiger partial charge < -0.3 is 0 Å². The highest BCUT2D eigenvalue weighted by molar-refractivity contribution is 6.31. The Hall–Kier alpha value is -1.07. The molecule has 1 heterocycles. The maximum atomic E-state index is 9.01. The van der Waals surface area contributed by atoms with Crippen LogP contribution in [0.5, 0.6) is 0 Å². The maximum absolute atomic E-state index is 9.01. The van der Waals surface area contributed by atoms with Gasteiger partial charge in [0.25, 0.3) is 0 Å². The minimum atomic E-state index is -0.571. The van der Waals surface area contributed by atoms with E-state index in [1.54, 1.807) is 18.3 Å². The summed E-state index contributed by atoms with van der Waals surface area (Å²) in [7, 11) is 0. The van der Waals surface area contributed by atoms with E-state index >= 15 is 0 Å². The lowest BCUT2D eigenvalue weighted by atomic mass is 9.85. The molecule has 0 saturated carbocycles. The maximum Gasteiger partial charge on any atom is 0.0977 e. The third-order valence-electron chi connectivity index (χ3n) is 2.23. The standard InChI is InChI=1S/C10H11ClN2/c1-3-10(2,7-12)9-8(11)5-4-6-13-9/h4-6H,3H2,1-2H3. The van der Waals surface area contributed by atoms with Gasteiger partial charge in [-0.3, -0.25) is 4.98 Å². The van der Waals surface area contributed by atoms with E-state index in [1.807, 2.05) is 13.8 Å². The van der Waals surface area contributed by atoms with Crippen molar-refractivity contribution in [3.63, 3.8) is 0 Å². The lowest BCUT2D eigenvalue weighted by Gasteiger charge is -2.19. The van der Waals surface area contributed by atoms with Gasteiger partial charge in [0.2, 0.25) is 0 Å². The van der Waals surface area contributed by atoms with Crippen LogP contribution < -0.4 is 0 Å². The van der Waals surface area contributed by atoms with Crippen molar-refractivity contribution >= 4 is 11.6 Å². The molecule has 0 spiro atoms. The SMILES string of the molecule is CCC(C)(C#N)c1ncccc1Cl. The van der Waals surface area contributed by atoms with Crippen LogP contribution in [-0.2, 0) is 5.41 Å². The largest absolute Gasteiger partial charge is 0.258 e. The van der Waals surface area contributed by atoms with Gasteiger partial charge in [0, 0.05) is 6.20 Å². The Kier molecular flexibility index (Phi) is 2.90. The molecule has 1 atom stereocenters. The molecule has 0 fully saturated rings. The third kappa shape index (κ3) is 1.81. The van der Waals surface area contributed by atoms with Crippen LogP contribution in [0.15, 0.2) is 18.3 Å². The van der Waals surface area contributed by atoms with Gasteiger partial charge in [0.1, 0.15) is 0 Å². The minimum Gasteiger partial charge on any atom is -0.258 e. The van der Waals surface area contributed by atoms with Gasteiger partial charge in [-0.05, 0) is 25.5 Å². The molecule has 1 rings (SSSR count). The molecule has 2 nitrogen and oxygen atoms in total. The Morgan fingerprint density at radius 1 is 1.69 bits per heavy atom. The highest BCUT2D eigenvalue weighted by Crippen LogP contribution is 2.29. The summed E-state index contributed by atoms with van der Waals surface area (Å²) in [6.07, 6.45) is 2.37. The molecule has 0 aliphatic heterocycles. The molecule has 0 aliphatic carbocycles. The van der Waals surface area contributed by atoms with Crippen molar-refractivity contribution in [2.45, 2.75) is 25.7 Å². The Balaban J connectivity index is 3.22. The molecule has 0 aliphatic rings. The molecule has 0 saturated heterocycles. The Bertz CT molecular complexity index is 343. The molecule has 0 aromatic carbocycles. The van der Waals surface area contributed by atoms with E-state index in [9.17, 15) is 0 Å². The highest BCUT2D eigenvalue weighted by Gasteiger charge is 2.27. The fourth-order valence-electron chi connectivity index (χ4n) is 1.09. The third-order valence-corrected chi connectivity index (χ3v) is 2.54. The molecule has 0 radical (unpaired) electrons. The van der Waals surface area contributed by atoms with Gasteiger partial charge in [-0.1, -0.05) is 18.5 Å². The van der Waals surface area contributed by atoms with Crippen molar-refractivity contribution in [2.24, 2.45) is 0 Å². The number of pyridine rings is 1. The smallest absolute Gasteiger partial charge is 0.0977 e. The number of hydrogen-bond donors (Lipinski definition) is 0. The second-order valence-corrected chi connectivity index (χ2v) is 3.54. The first-order valence-electron chi connectivity index (χ1n) is 4.16. The number of aromatic nitrogens is 1. The van der Waals surface area contributed by atoms with Gasteiger partial charge in [0.05, 0.1) is 22.2 Å². The van der Waals surface area contributed by atoms with E-state index in [4.69, 9.17) is 16.9 Å². The van der Waals surface area contributed by atoms with E-state index in [0.29, 0.717) is 17.1 Å². The zero-order chi connectivity index (χ0) is 9.90. The lowest BCUT2D eigenvalue weighted by molar-refractivity contribution is 0.568. The number of nitriles is 1. The fourth-order valence-corrected chi connectivity index (χ4v) is 1.42. The molecule has 1 aromatic heterocycles. The fraction of sp³-hybridized carbons (Fsp3) is 0.400. The van der Waals surface area contributed by atoms with Crippen LogP contribution in [0.1, 0.15) is 26.0 Å². The predicted molar refractivity (Wildman–Crippen MR) is 52.5 cm³/mol. The Morgan fingerprint density at radius 3 is 2.85 bits per heavy atom. The van der Waals surface area contributed by atoms with Crippen molar-refractivity contribution in [1.82, 2.24) is 4.98 Å². The van der Waals surface area contributed by atoms with E-state index in [0.717, 1.165) is 0 Å². The van der Waals surface area contributed by atoms with Crippen molar-refractivity contribution < 1.29 is 0 Å². The van der Waals surface area contributed by atoms with Crippen molar-refractivity contribution in [3.8, 4) is 6.07 Å². The monoisotopic (exact) mass is 194 g/mol. The summed E-state index contributed by atoms with van der Waals surface area (Å²) >= 11 is 5.95. The summed E-state index contributed by atoms with van der Waals surface area (Å²) in [4.78, 5) is 4.14. The summed E-state index contributed by atoms with van der Waals surface area (Å²) in [5, 5.41) is 9.58. The first-order valence-corrected chi connectivity index (χ1v) is 4.54. The summed E-state index contributed by atoms with van der Waals surface area (Å²) < 4.78 is 0. The zero-order valence-corrected chi connectivity index (χ0v) is 8.47. The summed E-state index contributed by atoms with van der Waals surface area (Å²) in [6.45, 7) is 3.80. The van der Waals surface area contributed by atoms with E-state index in [2.05, 4.69) is 11.1 Å². The molecule has 68 valence electrons. The van der Waals surface area contributed by atoms with Gasteiger partial charge in [-0.25, -0.2) is 0 Å². The number of rotatable bonds is 2. The normalized spacial score (nSPS) is 14.6. The minimum absolute atomic E-state index is 0.563. The number of hydrogen-bond acceptors (Lipinski definition) is 2.